The second-order valence-corrected chi connectivity index (χ2v) is 6.74. The van der Waals surface area contributed by atoms with E-state index in [2.05, 4.69) is 18.3 Å². The number of benzene rings is 1. The standard InChI is InChI=1S/C18H26FNS/c1-2-13-20-18(15-7-5-3-4-6-8-15)14-21-17-11-9-16(19)10-12-17/h7,9-12,18,20H,2-6,8,13-14H2,1H3. The molecule has 0 spiro atoms. The number of thioether (sulfide) groups is 1. The van der Waals surface area contributed by atoms with Crippen molar-refractivity contribution in [2.75, 3.05) is 12.3 Å². The van der Waals surface area contributed by atoms with Gasteiger partial charge >= 0.3 is 0 Å². The molecule has 0 bridgehead atoms. The molecule has 0 saturated carbocycles. The maximum atomic E-state index is 13.0. The Bertz CT molecular complexity index is 441. The molecule has 0 fully saturated rings. The summed E-state index contributed by atoms with van der Waals surface area (Å²) in [6.07, 6.45) is 10.1. The average molecular weight is 307 g/mol. The first kappa shape index (κ1) is 16.6. The van der Waals surface area contributed by atoms with Crippen molar-refractivity contribution in [3.63, 3.8) is 0 Å². The number of halogens is 1. The number of hydrogen-bond acceptors (Lipinski definition) is 2. The third-order valence-corrected chi connectivity index (χ3v) is 5.00. The molecular formula is C18H26FNS. The van der Waals surface area contributed by atoms with Gasteiger partial charge in [0.1, 0.15) is 5.82 Å². The van der Waals surface area contributed by atoms with E-state index in [0.717, 1.165) is 23.6 Å². The summed E-state index contributed by atoms with van der Waals surface area (Å²) in [6, 6.07) is 7.29. The lowest BCUT2D eigenvalue weighted by Crippen LogP contribution is -2.33. The predicted octanol–water partition coefficient (Wildman–Crippen LogP) is 5.18. The smallest absolute Gasteiger partial charge is 0.123 e. The molecule has 21 heavy (non-hydrogen) atoms. The summed E-state index contributed by atoms with van der Waals surface area (Å²) < 4.78 is 13.0. The van der Waals surface area contributed by atoms with Gasteiger partial charge in [0.15, 0.2) is 0 Å². The Morgan fingerprint density at radius 1 is 1.19 bits per heavy atom. The SMILES string of the molecule is CCCNC(CSc1ccc(F)cc1)C1=CCCCCC1. The Kier molecular flexibility index (Phi) is 7.31. The molecule has 1 unspecified atom stereocenters. The molecule has 1 aliphatic carbocycles. The lowest BCUT2D eigenvalue weighted by Gasteiger charge is -2.21. The lowest BCUT2D eigenvalue weighted by molar-refractivity contribution is 0.584. The van der Waals surface area contributed by atoms with Crippen molar-refractivity contribution in [3.05, 3.63) is 41.7 Å². The molecule has 0 saturated heterocycles. The number of nitrogens with one attached hydrogen (secondary N) is 1. The van der Waals surface area contributed by atoms with Crippen LogP contribution in [-0.2, 0) is 0 Å². The maximum absolute atomic E-state index is 13.0. The van der Waals surface area contributed by atoms with Gasteiger partial charge in [-0.3, -0.25) is 0 Å². The Morgan fingerprint density at radius 3 is 2.76 bits per heavy atom. The van der Waals surface area contributed by atoms with Crippen LogP contribution < -0.4 is 5.32 Å². The van der Waals surface area contributed by atoms with Crippen molar-refractivity contribution in [1.29, 1.82) is 0 Å². The van der Waals surface area contributed by atoms with Crippen molar-refractivity contribution in [3.8, 4) is 0 Å². The minimum Gasteiger partial charge on any atom is -0.310 e. The van der Waals surface area contributed by atoms with Crippen molar-refractivity contribution in [1.82, 2.24) is 5.32 Å². The molecule has 0 aliphatic heterocycles. The largest absolute Gasteiger partial charge is 0.310 e. The average Bonchev–Trinajstić information content (AvgIpc) is 2.78. The number of hydrogen-bond donors (Lipinski definition) is 1. The second kappa shape index (κ2) is 9.26. The van der Waals surface area contributed by atoms with Gasteiger partial charge in [-0.05, 0) is 62.9 Å². The van der Waals surface area contributed by atoms with Crippen LogP contribution in [0.1, 0.15) is 45.4 Å². The summed E-state index contributed by atoms with van der Waals surface area (Å²) in [5.74, 6) is 0.865. The Labute approximate surface area is 132 Å². The molecular weight excluding hydrogens is 281 g/mol. The van der Waals surface area contributed by atoms with Crippen LogP contribution in [0, 0.1) is 5.82 Å². The van der Waals surface area contributed by atoms with Crippen LogP contribution in [0.4, 0.5) is 4.39 Å². The van der Waals surface area contributed by atoms with Crippen LogP contribution in [-0.4, -0.2) is 18.3 Å². The quantitative estimate of drug-likeness (QED) is 0.550. The van der Waals surface area contributed by atoms with Gasteiger partial charge in [-0.1, -0.05) is 25.0 Å². The van der Waals surface area contributed by atoms with E-state index in [4.69, 9.17) is 0 Å². The molecule has 3 heteroatoms. The highest BCUT2D eigenvalue weighted by Gasteiger charge is 2.15. The predicted molar refractivity (Wildman–Crippen MR) is 90.4 cm³/mol. The first-order chi connectivity index (χ1) is 10.3. The Hall–Kier alpha value is -0.800. The first-order valence-electron chi connectivity index (χ1n) is 8.10. The van der Waals surface area contributed by atoms with Gasteiger partial charge in [-0.2, -0.15) is 0 Å². The normalized spacial score (nSPS) is 17.1. The van der Waals surface area contributed by atoms with Gasteiger partial charge < -0.3 is 5.32 Å². The van der Waals surface area contributed by atoms with E-state index in [1.807, 2.05) is 23.9 Å². The van der Waals surface area contributed by atoms with Crippen LogP contribution >= 0.6 is 11.8 Å². The van der Waals surface area contributed by atoms with E-state index in [9.17, 15) is 4.39 Å². The van der Waals surface area contributed by atoms with Crippen LogP contribution in [0.2, 0.25) is 0 Å². The van der Waals surface area contributed by atoms with Crippen LogP contribution in [0.5, 0.6) is 0 Å². The molecule has 0 aromatic heterocycles. The summed E-state index contributed by atoms with van der Waals surface area (Å²) in [5.41, 5.74) is 1.58. The van der Waals surface area contributed by atoms with Crippen molar-refractivity contribution in [2.45, 2.75) is 56.4 Å². The third-order valence-electron chi connectivity index (χ3n) is 3.89. The summed E-state index contributed by atoms with van der Waals surface area (Å²) in [6.45, 7) is 3.27. The summed E-state index contributed by atoms with van der Waals surface area (Å²) in [4.78, 5) is 1.15. The molecule has 0 radical (unpaired) electrons. The van der Waals surface area contributed by atoms with Crippen LogP contribution in [0.3, 0.4) is 0 Å². The van der Waals surface area contributed by atoms with E-state index >= 15 is 0 Å². The zero-order chi connectivity index (χ0) is 14.9. The van der Waals surface area contributed by atoms with Gasteiger partial charge in [-0.15, -0.1) is 11.8 Å². The fourth-order valence-electron chi connectivity index (χ4n) is 2.68. The van der Waals surface area contributed by atoms with E-state index in [-0.39, 0.29) is 5.82 Å². The molecule has 1 aliphatic rings. The van der Waals surface area contributed by atoms with Gasteiger partial charge in [0, 0.05) is 16.7 Å². The van der Waals surface area contributed by atoms with E-state index in [1.54, 1.807) is 17.7 Å². The zero-order valence-corrected chi connectivity index (χ0v) is 13.7. The zero-order valence-electron chi connectivity index (χ0n) is 12.9. The first-order valence-corrected chi connectivity index (χ1v) is 9.09. The topological polar surface area (TPSA) is 12.0 Å². The molecule has 1 atom stereocenters. The van der Waals surface area contributed by atoms with E-state index in [1.165, 1.54) is 32.1 Å². The van der Waals surface area contributed by atoms with Gasteiger partial charge in [0.25, 0.3) is 0 Å². The molecule has 0 heterocycles. The molecule has 0 amide bonds. The summed E-state index contributed by atoms with van der Waals surface area (Å²) >= 11 is 1.82. The van der Waals surface area contributed by atoms with Crippen LogP contribution in [0.25, 0.3) is 0 Å². The highest BCUT2D eigenvalue weighted by Crippen LogP contribution is 2.25. The Balaban J connectivity index is 1.94. The van der Waals surface area contributed by atoms with Crippen molar-refractivity contribution >= 4 is 11.8 Å². The van der Waals surface area contributed by atoms with E-state index < -0.39 is 0 Å². The minimum atomic E-state index is -0.161. The number of allylic oxidation sites excluding steroid dienone is 1. The molecule has 1 aromatic rings. The summed E-state index contributed by atoms with van der Waals surface area (Å²) in [7, 11) is 0. The fraction of sp³-hybridized carbons (Fsp3) is 0.556. The third kappa shape index (κ3) is 5.84. The fourth-order valence-corrected chi connectivity index (χ4v) is 3.70. The number of rotatable bonds is 7. The van der Waals surface area contributed by atoms with Crippen molar-refractivity contribution < 1.29 is 4.39 Å². The highest BCUT2D eigenvalue weighted by atomic mass is 32.2. The van der Waals surface area contributed by atoms with Gasteiger partial charge in [0.2, 0.25) is 0 Å². The molecule has 1 aromatic carbocycles. The minimum absolute atomic E-state index is 0.161. The second-order valence-electron chi connectivity index (χ2n) is 5.65. The lowest BCUT2D eigenvalue weighted by atomic mass is 10.0. The summed E-state index contributed by atoms with van der Waals surface area (Å²) in [5, 5.41) is 3.69. The maximum Gasteiger partial charge on any atom is 0.123 e. The molecule has 2 rings (SSSR count). The van der Waals surface area contributed by atoms with E-state index in [0.29, 0.717) is 6.04 Å². The van der Waals surface area contributed by atoms with Crippen molar-refractivity contribution in [2.24, 2.45) is 0 Å². The molecule has 116 valence electrons. The monoisotopic (exact) mass is 307 g/mol. The molecule has 1 N–H and O–H groups in total. The van der Waals surface area contributed by atoms with Crippen LogP contribution in [0.15, 0.2) is 40.8 Å². The van der Waals surface area contributed by atoms with Gasteiger partial charge in [0.05, 0.1) is 0 Å². The Morgan fingerprint density at radius 2 is 2.00 bits per heavy atom. The molecule has 1 nitrogen and oxygen atoms in total. The highest BCUT2D eigenvalue weighted by molar-refractivity contribution is 7.99. The van der Waals surface area contributed by atoms with Gasteiger partial charge in [-0.25, -0.2) is 4.39 Å².